The van der Waals surface area contributed by atoms with Crippen molar-refractivity contribution in [1.29, 1.82) is 0 Å². The van der Waals surface area contributed by atoms with Crippen LogP contribution in [-0.2, 0) is 30.4 Å². The van der Waals surface area contributed by atoms with Gasteiger partial charge in [-0.25, -0.2) is 14.4 Å². The highest BCUT2D eigenvalue weighted by Crippen LogP contribution is 2.45. The number of anilines is 2. The first kappa shape index (κ1) is 43.5. The number of carboxylic acid groups (broad SMARTS) is 6. The lowest BCUT2D eigenvalue weighted by Gasteiger charge is -2.30. The average Bonchev–Trinajstić information content (AvgIpc) is 3.18. The van der Waals surface area contributed by atoms with E-state index in [1.165, 1.54) is 56.3 Å². The van der Waals surface area contributed by atoms with Gasteiger partial charge in [0, 0.05) is 40.6 Å². The van der Waals surface area contributed by atoms with Crippen molar-refractivity contribution in [2.75, 3.05) is 36.1 Å². The Labute approximate surface area is 340 Å². The van der Waals surface area contributed by atoms with Crippen LogP contribution in [0.5, 0.6) is 11.5 Å². The van der Waals surface area contributed by atoms with Gasteiger partial charge in [-0.2, -0.15) is 0 Å². The Morgan fingerprint density at radius 2 is 1.27 bits per heavy atom. The molecule has 314 valence electrons. The topological polar surface area (TPSA) is 279 Å². The third-order valence-electron chi connectivity index (χ3n) is 9.61. The van der Waals surface area contributed by atoms with E-state index in [0.717, 1.165) is 15.9 Å². The Morgan fingerprint density at radius 3 is 1.83 bits per heavy atom. The molecule has 5 rings (SSSR count). The molecule has 60 heavy (non-hydrogen) atoms. The number of ether oxygens (including phenoxy) is 2. The summed E-state index contributed by atoms with van der Waals surface area (Å²) in [5.74, 6) is -7.85. The van der Waals surface area contributed by atoms with Crippen LogP contribution in [0.25, 0.3) is 33.4 Å². The molecule has 2 unspecified atom stereocenters. The predicted molar refractivity (Wildman–Crippen MR) is 214 cm³/mol. The second-order valence-corrected chi connectivity index (χ2v) is 13.7. The minimum Gasteiger partial charge on any atom is -0.488 e. The molecule has 0 spiro atoms. The van der Waals surface area contributed by atoms with Crippen molar-refractivity contribution in [3.8, 4) is 33.9 Å². The maximum absolute atomic E-state index is 13.2. The number of nitrogens with zero attached hydrogens (tertiary/aromatic N) is 2. The van der Waals surface area contributed by atoms with Crippen LogP contribution in [0.3, 0.4) is 0 Å². The largest absolute Gasteiger partial charge is 0.488 e. The quantitative estimate of drug-likeness (QED) is 0.0455. The van der Waals surface area contributed by atoms with Crippen LogP contribution in [0.2, 0.25) is 0 Å². The monoisotopic (exact) mass is 828 g/mol. The fourth-order valence-corrected chi connectivity index (χ4v) is 6.63. The first-order chi connectivity index (χ1) is 28.4. The van der Waals surface area contributed by atoms with Crippen LogP contribution in [0, 0.1) is 6.92 Å². The molecule has 1 heterocycles. The molecule has 2 aliphatic rings. The molecule has 0 aromatic heterocycles. The van der Waals surface area contributed by atoms with Crippen LogP contribution in [-0.4, -0.2) is 105 Å². The van der Waals surface area contributed by atoms with Gasteiger partial charge in [0.2, 0.25) is 0 Å². The van der Waals surface area contributed by atoms with E-state index in [1.54, 1.807) is 25.1 Å². The molecule has 6 N–H and O–H groups in total. The number of hydrogen-bond donors (Lipinski definition) is 6. The summed E-state index contributed by atoms with van der Waals surface area (Å²) in [5, 5.41) is 58.9. The molecule has 3 aromatic rings. The number of fused-ring (bicyclic) bond motifs is 2. The van der Waals surface area contributed by atoms with E-state index in [0.29, 0.717) is 5.56 Å². The molecule has 2 atom stereocenters. The fourth-order valence-electron chi connectivity index (χ4n) is 6.63. The van der Waals surface area contributed by atoms with E-state index in [4.69, 9.17) is 13.9 Å². The lowest BCUT2D eigenvalue weighted by atomic mass is 9.89. The van der Waals surface area contributed by atoms with E-state index < -0.39 is 66.4 Å². The van der Waals surface area contributed by atoms with Crippen LogP contribution in [0.15, 0.2) is 75.9 Å². The summed E-state index contributed by atoms with van der Waals surface area (Å²) >= 11 is 0. The van der Waals surface area contributed by atoms with Crippen LogP contribution >= 0.6 is 0 Å². The van der Waals surface area contributed by atoms with Gasteiger partial charge in [0.25, 0.3) is 0 Å². The zero-order valence-electron chi connectivity index (χ0n) is 32.4. The van der Waals surface area contributed by atoms with Gasteiger partial charge in [0.1, 0.15) is 61.2 Å². The maximum atomic E-state index is 13.2. The minimum atomic E-state index is -1.46. The van der Waals surface area contributed by atoms with Gasteiger partial charge in [-0.1, -0.05) is 24.3 Å². The van der Waals surface area contributed by atoms with Crippen molar-refractivity contribution < 1.29 is 73.3 Å². The van der Waals surface area contributed by atoms with E-state index >= 15 is 0 Å². The lowest BCUT2D eigenvalue weighted by Crippen LogP contribution is -2.42. The molecule has 3 aromatic carbocycles. The van der Waals surface area contributed by atoms with Gasteiger partial charge in [-0.05, 0) is 68.7 Å². The zero-order valence-corrected chi connectivity index (χ0v) is 32.4. The average molecular weight is 829 g/mol. The summed E-state index contributed by atoms with van der Waals surface area (Å²) in [6, 6.07) is 13.2. The molecule has 0 radical (unpaired) electrons. The second-order valence-electron chi connectivity index (χ2n) is 13.7. The SMILES string of the molecule is Cc1ccc(N(CC(=O)O)C(C)C(=O)O)c(OCCOc2cc3c(-c4ccccc4C(=O)O)c4cc(CCC(=O)O)c(=O)cc-4oc3cc2N(CC(=O)O)C(C)C(=O)O)c1. The molecule has 0 saturated heterocycles. The summed E-state index contributed by atoms with van der Waals surface area (Å²) in [5.41, 5.74) is 0.748. The minimum absolute atomic E-state index is 0.0302. The molecule has 0 saturated carbocycles. The molecule has 0 fully saturated rings. The summed E-state index contributed by atoms with van der Waals surface area (Å²) in [7, 11) is 0. The molecule has 1 aliphatic carbocycles. The van der Waals surface area contributed by atoms with Crippen molar-refractivity contribution >= 4 is 58.2 Å². The summed E-state index contributed by atoms with van der Waals surface area (Å²) in [6.07, 6.45) is -0.532. The highest BCUT2D eigenvalue weighted by atomic mass is 16.5. The van der Waals surface area contributed by atoms with Gasteiger partial charge < -0.3 is 54.3 Å². The third-order valence-corrected chi connectivity index (χ3v) is 9.61. The van der Waals surface area contributed by atoms with E-state index in [1.807, 2.05) is 0 Å². The van der Waals surface area contributed by atoms with Gasteiger partial charge in [0.15, 0.2) is 5.43 Å². The third kappa shape index (κ3) is 9.72. The smallest absolute Gasteiger partial charge is 0.336 e. The summed E-state index contributed by atoms with van der Waals surface area (Å²) in [4.78, 5) is 87.4. The first-order valence-electron chi connectivity index (χ1n) is 18.3. The van der Waals surface area contributed by atoms with E-state index in [2.05, 4.69) is 0 Å². The number of carbonyl (C=O) groups is 6. The first-order valence-corrected chi connectivity index (χ1v) is 18.3. The standard InChI is InChI=1S/C42H40N2O16/c1-21-8-10-29(43(19-37(48)49)22(2)40(52)53)34(14-21)58-12-13-59-35-16-28-32(17-30(35)44(20-38(50)51)23(3)41(54)55)60-33-18-31(45)24(9-11-36(46)47)15-27(33)39(28)25-6-4-5-7-26(25)42(56)57/h4-8,10,14-18,22-23H,9,11-13,19-20H2,1-3H3,(H,46,47)(H,48,49)(H,50,51)(H,52,53)(H,54,55)(H,56,57). The molecule has 0 amide bonds. The number of hydrogen-bond acceptors (Lipinski definition) is 12. The number of aromatic carboxylic acids is 1. The summed E-state index contributed by atoms with van der Waals surface area (Å²) in [6.45, 7) is 2.21. The van der Waals surface area contributed by atoms with Crippen molar-refractivity contribution in [3.63, 3.8) is 0 Å². The highest BCUT2D eigenvalue weighted by molar-refractivity contribution is 6.08. The zero-order chi connectivity index (χ0) is 44.0. The lowest BCUT2D eigenvalue weighted by molar-refractivity contribution is -0.140. The molecule has 0 bridgehead atoms. The van der Waals surface area contributed by atoms with Crippen molar-refractivity contribution in [1.82, 2.24) is 0 Å². The van der Waals surface area contributed by atoms with Gasteiger partial charge in [0.05, 0.1) is 16.9 Å². The Balaban J connectivity index is 1.71. The van der Waals surface area contributed by atoms with E-state index in [9.17, 15) is 64.2 Å². The summed E-state index contributed by atoms with van der Waals surface area (Å²) < 4.78 is 18.4. The molecular formula is C42H40N2O16. The second kappa shape index (κ2) is 18.3. The van der Waals surface area contributed by atoms with Crippen molar-refractivity contribution in [2.24, 2.45) is 0 Å². The van der Waals surface area contributed by atoms with Crippen LogP contribution in [0.1, 0.15) is 41.8 Å². The Morgan fingerprint density at radius 1 is 0.683 bits per heavy atom. The Kier molecular flexibility index (Phi) is 13.3. The molecular weight excluding hydrogens is 788 g/mol. The van der Waals surface area contributed by atoms with Crippen molar-refractivity contribution in [3.05, 3.63) is 93.6 Å². The molecule has 18 nitrogen and oxygen atoms in total. The number of rotatable bonds is 20. The highest BCUT2D eigenvalue weighted by Gasteiger charge is 2.30. The van der Waals surface area contributed by atoms with E-state index in [-0.39, 0.29) is 93.5 Å². The van der Waals surface area contributed by atoms with Crippen LogP contribution in [0.4, 0.5) is 11.4 Å². The van der Waals surface area contributed by atoms with Crippen molar-refractivity contribution in [2.45, 2.75) is 45.7 Å². The van der Waals surface area contributed by atoms with Gasteiger partial charge in [-0.15, -0.1) is 0 Å². The number of carboxylic acids is 6. The molecule has 18 heteroatoms. The van der Waals surface area contributed by atoms with Gasteiger partial charge in [-0.3, -0.25) is 19.2 Å². The molecule has 1 aliphatic heterocycles. The van der Waals surface area contributed by atoms with Gasteiger partial charge >= 0.3 is 35.8 Å². The van der Waals surface area contributed by atoms with Crippen LogP contribution < -0.4 is 24.7 Å². The normalized spacial score (nSPS) is 12.1. The number of aliphatic carboxylic acids is 5. The fraction of sp³-hybridized carbons (Fsp3) is 0.262. The number of aryl methyl sites for hydroxylation is 2. The predicted octanol–water partition coefficient (Wildman–Crippen LogP) is 4.77. The Bertz CT molecular complexity index is 2530. The maximum Gasteiger partial charge on any atom is 0.336 e. The Hall–Kier alpha value is -7.63. The number of benzene rings is 4.